The maximum Gasteiger partial charge on any atom is 0.328 e. The number of carbonyl (C=O) groups excluding carboxylic acids is 3. The van der Waals surface area contributed by atoms with Crippen molar-refractivity contribution in [2.75, 3.05) is 6.61 Å². The van der Waals surface area contributed by atoms with Gasteiger partial charge < -0.3 is 21.5 Å². The first-order valence-electron chi connectivity index (χ1n) is 14.3. The fraction of sp³-hybridized carbons (Fsp3) is 0.893. The molecule has 0 aromatic heterocycles. The number of hydrogen-bond acceptors (Lipinski definition) is 5. The lowest BCUT2D eigenvalue weighted by molar-refractivity contribution is -0.148. The molecule has 0 spiro atoms. The third-order valence-corrected chi connectivity index (χ3v) is 6.54. The standard InChI is InChI=1S/C28H55N3O4/c1-4-5-6-7-8-9-10-11-12-13-14-15-16-17-18-19-22-35-28(34)24(20-21-25(29)32)31-27(33)26(30)23(2)3/h23-24,26H,4-22,30H2,1-3H3,(H2,29,32)(H,31,33)/t24-,26-/m1/s1. The third kappa shape index (κ3) is 20.3. The third-order valence-electron chi connectivity index (χ3n) is 6.54. The van der Waals surface area contributed by atoms with E-state index in [4.69, 9.17) is 16.2 Å². The summed E-state index contributed by atoms with van der Waals surface area (Å²) in [6.45, 7) is 6.24. The van der Waals surface area contributed by atoms with E-state index in [9.17, 15) is 14.4 Å². The average molecular weight is 498 g/mol. The molecule has 2 atom stereocenters. The summed E-state index contributed by atoms with van der Waals surface area (Å²) in [7, 11) is 0. The molecular formula is C28H55N3O4. The number of unbranched alkanes of at least 4 members (excludes halogenated alkanes) is 15. The number of amides is 2. The van der Waals surface area contributed by atoms with Crippen molar-refractivity contribution in [2.24, 2.45) is 17.4 Å². The van der Waals surface area contributed by atoms with Crippen LogP contribution in [0.1, 0.15) is 136 Å². The van der Waals surface area contributed by atoms with E-state index in [2.05, 4.69) is 12.2 Å². The normalized spacial score (nSPS) is 12.9. The Hall–Kier alpha value is -1.63. The van der Waals surface area contributed by atoms with Crippen LogP contribution in [0.25, 0.3) is 0 Å². The molecule has 0 fully saturated rings. The Bertz CT molecular complexity index is 554. The zero-order valence-electron chi connectivity index (χ0n) is 23.0. The van der Waals surface area contributed by atoms with Crippen LogP contribution in [0.5, 0.6) is 0 Å². The highest BCUT2D eigenvalue weighted by Crippen LogP contribution is 2.14. The number of ether oxygens (including phenoxy) is 1. The quantitative estimate of drug-likeness (QED) is 0.119. The van der Waals surface area contributed by atoms with Gasteiger partial charge in [0.15, 0.2) is 0 Å². The lowest BCUT2D eigenvalue weighted by Gasteiger charge is -2.21. The minimum Gasteiger partial charge on any atom is -0.464 e. The topological polar surface area (TPSA) is 125 Å². The molecule has 0 rings (SSSR count). The van der Waals surface area contributed by atoms with Crippen LogP contribution >= 0.6 is 0 Å². The summed E-state index contributed by atoms with van der Waals surface area (Å²) in [5.74, 6) is -1.54. The molecule has 0 saturated carbocycles. The first-order valence-corrected chi connectivity index (χ1v) is 14.3. The van der Waals surface area contributed by atoms with Crippen molar-refractivity contribution >= 4 is 17.8 Å². The number of carbonyl (C=O) groups is 3. The minimum atomic E-state index is -0.902. The summed E-state index contributed by atoms with van der Waals surface area (Å²) in [5, 5.41) is 2.61. The fourth-order valence-electron chi connectivity index (χ4n) is 4.03. The molecular weight excluding hydrogens is 442 g/mol. The van der Waals surface area contributed by atoms with E-state index in [-0.39, 0.29) is 18.8 Å². The maximum absolute atomic E-state index is 12.4. The minimum absolute atomic E-state index is 0.00396. The molecule has 0 bridgehead atoms. The van der Waals surface area contributed by atoms with Crippen molar-refractivity contribution in [1.29, 1.82) is 0 Å². The summed E-state index contributed by atoms with van der Waals surface area (Å²) in [5.41, 5.74) is 11.0. The van der Waals surface area contributed by atoms with E-state index >= 15 is 0 Å². The summed E-state index contributed by atoms with van der Waals surface area (Å²) in [6, 6.07) is -1.62. The molecule has 0 aliphatic heterocycles. The molecule has 7 heteroatoms. The van der Waals surface area contributed by atoms with E-state index in [1.165, 1.54) is 83.5 Å². The molecule has 0 aliphatic rings. The van der Waals surface area contributed by atoms with E-state index in [0.29, 0.717) is 6.61 Å². The van der Waals surface area contributed by atoms with Crippen LogP contribution in [0.4, 0.5) is 0 Å². The van der Waals surface area contributed by atoms with Crippen LogP contribution in [0, 0.1) is 5.92 Å². The lowest BCUT2D eigenvalue weighted by atomic mass is 10.0. The van der Waals surface area contributed by atoms with E-state index in [1.807, 2.05) is 13.8 Å². The zero-order chi connectivity index (χ0) is 26.3. The lowest BCUT2D eigenvalue weighted by Crippen LogP contribution is -2.51. The highest BCUT2D eigenvalue weighted by atomic mass is 16.5. The molecule has 0 saturated heterocycles. The zero-order valence-corrected chi connectivity index (χ0v) is 23.0. The molecule has 0 heterocycles. The van der Waals surface area contributed by atoms with Crippen LogP contribution in [0.2, 0.25) is 0 Å². The summed E-state index contributed by atoms with van der Waals surface area (Å²) >= 11 is 0. The first-order chi connectivity index (χ1) is 16.8. The second kappa shape index (κ2) is 22.8. The summed E-state index contributed by atoms with van der Waals surface area (Å²) in [6.07, 6.45) is 20.7. The van der Waals surface area contributed by atoms with E-state index in [0.717, 1.165) is 19.3 Å². The van der Waals surface area contributed by atoms with Gasteiger partial charge in [-0.25, -0.2) is 4.79 Å². The van der Waals surface area contributed by atoms with Crippen molar-refractivity contribution in [2.45, 2.75) is 148 Å². The molecule has 5 N–H and O–H groups in total. The number of nitrogens with two attached hydrogens (primary N) is 2. The summed E-state index contributed by atoms with van der Waals surface area (Å²) in [4.78, 5) is 35.7. The Morgan fingerprint density at radius 1 is 0.743 bits per heavy atom. The smallest absolute Gasteiger partial charge is 0.328 e. The number of primary amides is 1. The van der Waals surface area contributed by atoms with Crippen LogP contribution in [-0.2, 0) is 19.1 Å². The Labute approximate surface area is 214 Å². The predicted molar refractivity (Wildman–Crippen MR) is 144 cm³/mol. The molecule has 0 unspecified atom stereocenters. The second-order valence-electron chi connectivity index (χ2n) is 10.3. The van der Waals surface area contributed by atoms with Gasteiger partial charge in [0, 0.05) is 6.42 Å². The van der Waals surface area contributed by atoms with Gasteiger partial charge in [0.1, 0.15) is 6.04 Å². The van der Waals surface area contributed by atoms with Gasteiger partial charge in [-0.05, 0) is 18.8 Å². The van der Waals surface area contributed by atoms with Gasteiger partial charge in [-0.15, -0.1) is 0 Å². The molecule has 0 radical (unpaired) electrons. The van der Waals surface area contributed by atoms with Crippen LogP contribution in [0.3, 0.4) is 0 Å². The van der Waals surface area contributed by atoms with Gasteiger partial charge in [-0.1, -0.05) is 117 Å². The molecule has 7 nitrogen and oxygen atoms in total. The number of nitrogens with one attached hydrogen (secondary N) is 1. The monoisotopic (exact) mass is 497 g/mol. The summed E-state index contributed by atoms with van der Waals surface area (Å²) < 4.78 is 5.35. The SMILES string of the molecule is CCCCCCCCCCCCCCCCCCOC(=O)[C@@H](CCC(N)=O)NC(=O)[C@H](N)C(C)C. The van der Waals surface area contributed by atoms with Crippen molar-refractivity contribution in [3.63, 3.8) is 0 Å². The van der Waals surface area contributed by atoms with Crippen LogP contribution < -0.4 is 16.8 Å². The van der Waals surface area contributed by atoms with Gasteiger partial charge in [-0.2, -0.15) is 0 Å². The van der Waals surface area contributed by atoms with Crippen LogP contribution in [-0.4, -0.2) is 36.5 Å². The molecule has 206 valence electrons. The van der Waals surface area contributed by atoms with Gasteiger partial charge in [0.25, 0.3) is 0 Å². The highest BCUT2D eigenvalue weighted by molar-refractivity contribution is 5.88. The van der Waals surface area contributed by atoms with E-state index in [1.54, 1.807) is 0 Å². The van der Waals surface area contributed by atoms with Crippen molar-refractivity contribution < 1.29 is 19.1 Å². The average Bonchev–Trinajstić information content (AvgIpc) is 2.82. The van der Waals surface area contributed by atoms with Crippen molar-refractivity contribution in [1.82, 2.24) is 5.32 Å². The Morgan fingerprint density at radius 2 is 1.17 bits per heavy atom. The Balaban J connectivity index is 3.79. The predicted octanol–water partition coefficient (Wildman–Crippen LogP) is 5.52. The van der Waals surface area contributed by atoms with Gasteiger partial charge in [0.05, 0.1) is 12.6 Å². The molecule has 35 heavy (non-hydrogen) atoms. The Morgan fingerprint density at radius 3 is 1.57 bits per heavy atom. The van der Waals surface area contributed by atoms with Gasteiger partial charge in [0.2, 0.25) is 11.8 Å². The molecule has 0 aromatic carbocycles. The van der Waals surface area contributed by atoms with Crippen molar-refractivity contribution in [3.05, 3.63) is 0 Å². The molecule has 2 amide bonds. The van der Waals surface area contributed by atoms with Crippen LogP contribution in [0.15, 0.2) is 0 Å². The molecule has 0 aromatic rings. The highest BCUT2D eigenvalue weighted by Gasteiger charge is 2.26. The Kier molecular flexibility index (Phi) is 21.7. The maximum atomic E-state index is 12.4. The van der Waals surface area contributed by atoms with E-state index < -0.39 is 29.9 Å². The largest absolute Gasteiger partial charge is 0.464 e. The fourth-order valence-corrected chi connectivity index (χ4v) is 4.03. The second-order valence-corrected chi connectivity index (χ2v) is 10.3. The number of hydrogen-bond donors (Lipinski definition) is 3. The van der Waals surface area contributed by atoms with Gasteiger partial charge in [-0.3, -0.25) is 9.59 Å². The first kappa shape index (κ1) is 33.4. The number of esters is 1. The molecule has 0 aliphatic carbocycles. The van der Waals surface area contributed by atoms with Gasteiger partial charge >= 0.3 is 5.97 Å². The van der Waals surface area contributed by atoms with Crippen molar-refractivity contribution in [3.8, 4) is 0 Å². The number of rotatable bonds is 24.